The Kier molecular flexibility index (Phi) is 6.88. The highest BCUT2D eigenvalue weighted by Gasteiger charge is 2.37. The van der Waals surface area contributed by atoms with Gasteiger partial charge >= 0.3 is 0 Å². The van der Waals surface area contributed by atoms with Crippen molar-refractivity contribution in [1.29, 1.82) is 0 Å². The van der Waals surface area contributed by atoms with Crippen molar-refractivity contribution >= 4 is 18.1 Å². The average Bonchev–Trinajstić information content (AvgIpc) is 2.50. The first kappa shape index (κ1) is 19.8. The van der Waals surface area contributed by atoms with E-state index < -0.39 is 22.2 Å². The molecule has 1 aromatic carbocycles. The van der Waals surface area contributed by atoms with Gasteiger partial charge in [-0.1, -0.05) is 13.8 Å². The van der Waals surface area contributed by atoms with Gasteiger partial charge in [0.15, 0.2) is 0 Å². The quantitative estimate of drug-likeness (QED) is 0.630. The third-order valence-corrected chi connectivity index (χ3v) is 4.15. The Morgan fingerprint density at radius 2 is 2.04 bits per heavy atom. The summed E-state index contributed by atoms with van der Waals surface area (Å²) in [5.74, 6) is -0.476. The molecule has 0 saturated carbocycles. The van der Waals surface area contributed by atoms with Crippen LogP contribution in [0, 0.1) is 21.3 Å². The molecule has 0 unspecified atom stereocenters. The molecule has 1 aromatic rings. The molecule has 1 aliphatic rings. The molecule has 1 atom stereocenters. The van der Waals surface area contributed by atoms with E-state index in [0.29, 0.717) is 13.1 Å². The number of halogens is 2. The van der Waals surface area contributed by atoms with Crippen LogP contribution in [0.15, 0.2) is 18.2 Å². The first-order valence-electron chi connectivity index (χ1n) is 7.36. The van der Waals surface area contributed by atoms with Gasteiger partial charge in [0.25, 0.3) is 5.69 Å². The van der Waals surface area contributed by atoms with Crippen molar-refractivity contribution in [3.05, 3.63) is 39.7 Å². The van der Waals surface area contributed by atoms with Gasteiger partial charge in [-0.2, -0.15) is 0 Å². The minimum atomic E-state index is -0.618. The van der Waals surface area contributed by atoms with E-state index in [9.17, 15) is 19.6 Å². The number of nitrogens with one attached hydrogen (secondary N) is 1. The maximum Gasteiger partial charge on any atom is 0.269 e. The number of nitro groups is 1. The van der Waals surface area contributed by atoms with Crippen molar-refractivity contribution < 1.29 is 14.4 Å². The highest BCUT2D eigenvalue weighted by atomic mass is 35.5. The molecule has 130 valence electrons. The van der Waals surface area contributed by atoms with E-state index in [-0.39, 0.29) is 30.3 Å². The summed E-state index contributed by atoms with van der Waals surface area (Å²) in [5, 5.41) is 23.9. The number of rotatable bonds is 5. The number of benzene rings is 1. The van der Waals surface area contributed by atoms with Crippen LogP contribution in [0.5, 0.6) is 0 Å². The number of piperazine rings is 1. The SMILES string of the molecule is CC(C)(CO)[C@H](c1cc([N+](=O)[O-])ccc1F)N1CCNCC1.Cl. The third kappa shape index (κ3) is 4.38. The lowest BCUT2D eigenvalue weighted by atomic mass is 9.79. The largest absolute Gasteiger partial charge is 0.396 e. The van der Waals surface area contributed by atoms with Gasteiger partial charge in [0.05, 0.1) is 4.92 Å². The molecular weight excluding hydrogens is 325 g/mol. The zero-order valence-electron chi connectivity index (χ0n) is 13.3. The summed E-state index contributed by atoms with van der Waals surface area (Å²) in [5.41, 5.74) is -0.478. The van der Waals surface area contributed by atoms with Crippen LogP contribution in [-0.4, -0.2) is 47.7 Å². The van der Waals surface area contributed by atoms with Crippen molar-refractivity contribution in [3.8, 4) is 0 Å². The normalized spacial score (nSPS) is 17.4. The Morgan fingerprint density at radius 1 is 1.43 bits per heavy atom. The highest BCUT2D eigenvalue weighted by Crippen LogP contribution is 2.40. The number of nitrogens with zero attached hydrogens (tertiary/aromatic N) is 2. The van der Waals surface area contributed by atoms with Crippen LogP contribution >= 0.6 is 12.4 Å². The minimum Gasteiger partial charge on any atom is -0.396 e. The van der Waals surface area contributed by atoms with E-state index in [2.05, 4.69) is 10.2 Å². The van der Waals surface area contributed by atoms with E-state index in [1.807, 2.05) is 13.8 Å². The first-order valence-corrected chi connectivity index (χ1v) is 7.36. The molecule has 1 saturated heterocycles. The molecule has 6 nitrogen and oxygen atoms in total. The predicted molar refractivity (Wildman–Crippen MR) is 88.4 cm³/mol. The Bertz CT molecular complexity index is 551. The summed E-state index contributed by atoms with van der Waals surface area (Å²) in [6.45, 7) is 6.51. The van der Waals surface area contributed by atoms with Crippen LogP contribution in [-0.2, 0) is 0 Å². The number of aliphatic hydroxyl groups excluding tert-OH is 1. The van der Waals surface area contributed by atoms with Gasteiger partial charge < -0.3 is 10.4 Å². The molecule has 8 heteroatoms. The summed E-state index contributed by atoms with van der Waals surface area (Å²) in [6.07, 6.45) is 0. The number of aliphatic hydroxyl groups is 1. The molecular formula is C15H23ClFN3O3. The van der Waals surface area contributed by atoms with Crippen LogP contribution in [0.1, 0.15) is 25.5 Å². The van der Waals surface area contributed by atoms with Gasteiger partial charge in [0.2, 0.25) is 0 Å². The van der Waals surface area contributed by atoms with Gasteiger partial charge in [-0.15, -0.1) is 12.4 Å². The van der Waals surface area contributed by atoms with E-state index in [0.717, 1.165) is 19.2 Å². The molecule has 1 heterocycles. The standard InChI is InChI=1S/C15H22FN3O3.ClH/c1-15(2,10-20)14(18-7-5-17-6-8-18)12-9-11(19(21)22)3-4-13(12)16;/h3-4,9,14,17,20H,5-8,10H2,1-2H3;1H/t14-;/m0./s1. The average molecular weight is 348 g/mol. The molecule has 0 aliphatic carbocycles. The molecule has 0 spiro atoms. The molecule has 0 radical (unpaired) electrons. The molecule has 2 N–H and O–H groups in total. The first-order chi connectivity index (χ1) is 10.4. The second-order valence-corrected chi connectivity index (χ2v) is 6.30. The highest BCUT2D eigenvalue weighted by molar-refractivity contribution is 5.85. The van der Waals surface area contributed by atoms with Crippen molar-refractivity contribution in [3.63, 3.8) is 0 Å². The molecule has 0 bridgehead atoms. The summed E-state index contributed by atoms with van der Waals surface area (Å²) >= 11 is 0. The van der Waals surface area contributed by atoms with Crippen molar-refractivity contribution in [1.82, 2.24) is 10.2 Å². The van der Waals surface area contributed by atoms with Crippen molar-refractivity contribution in [2.24, 2.45) is 5.41 Å². The minimum absolute atomic E-state index is 0. The maximum atomic E-state index is 14.4. The van der Waals surface area contributed by atoms with Gasteiger partial charge in [-0.05, 0) is 6.07 Å². The lowest BCUT2D eigenvalue weighted by molar-refractivity contribution is -0.385. The Morgan fingerprint density at radius 3 is 2.57 bits per heavy atom. The van der Waals surface area contributed by atoms with E-state index in [4.69, 9.17) is 0 Å². The fourth-order valence-corrected chi connectivity index (χ4v) is 2.99. The Hall–Kier alpha value is -1.28. The van der Waals surface area contributed by atoms with Crippen LogP contribution in [0.3, 0.4) is 0 Å². The predicted octanol–water partition coefficient (Wildman–Crippen LogP) is 2.12. The summed E-state index contributed by atoms with van der Waals surface area (Å²) < 4.78 is 14.4. The number of nitro benzene ring substituents is 1. The van der Waals surface area contributed by atoms with Crippen LogP contribution in [0.4, 0.5) is 10.1 Å². The smallest absolute Gasteiger partial charge is 0.269 e. The van der Waals surface area contributed by atoms with E-state index >= 15 is 0 Å². The topological polar surface area (TPSA) is 78.6 Å². The number of hydrogen-bond donors (Lipinski definition) is 2. The summed E-state index contributed by atoms with van der Waals surface area (Å²) in [4.78, 5) is 12.5. The van der Waals surface area contributed by atoms with Crippen LogP contribution in [0.25, 0.3) is 0 Å². The second-order valence-electron chi connectivity index (χ2n) is 6.30. The number of non-ortho nitro benzene ring substituents is 1. The molecule has 23 heavy (non-hydrogen) atoms. The summed E-state index contributed by atoms with van der Waals surface area (Å²) in [6, 6.07) is 3.18. The zero-order chi connectivity index (χ0) is 16.3. The lowest BCUT2D eigenvalue weighted by Gasteiger charge is -2.43. The van der Waals surface area contributed by atoms with Gasteiger partial charge in [0.1, 0.15) is 5.82 Å². The Labute approximate surface area is 141 Å². The molecule has 1 fully saturated rings. The number of hydrogen-bond acceptors (Lipinski definition) is 5. The molecule has 0 amide bonds. The summed E-state index contributed by atoms with van der Waals surface area (Å²) in [7, 11) is 0. The van der Waals surface area contributed by atoms with E-state index in [1.54, 1.807) is 0 Å². The second kappa shape index (κ2) is 8.01. The Balaban J connectivity index is 0.00000264. The van der Waals surface area contributed by atoms with E-state index in [1.165, 1.54) is 12.1 Å². The van der Waals surface area contributed by atoms with Crippen LogP contribution in [0.2, 0.25) is 0 Å². The lowest BCUT2D eigenvalue weighted by Crippen LogP contribution is -2.49. The fraction of sp³-hybridized carbons (Fsp3) is 0.600. The molecule has 2 rings (SSSR count). The van der Waals surface area contributed by atoms with Gasteiger partial charge in [-0.25, -0.2) is 4.39 Å². The van der Waals surface area contributed by atoms with Crippen molar-refractivity contribution in [2.75, 3.05) is 32.8 Å². The maximum absolute atomic E-state index is 14.4. The fourth-order valence-electron chi connectivity index (χ4n) is 2.99. The third-order valence-electron chi connectivity index (χ3n) is 4.15. The van der Waals surface area contributed by atoms with Crippen molar-refractivity contribution in [2.45, 2.75) is 19.9 Å². The molecule has 1 aliphatic heterocycles. The zero-order valence-corrected chi connectivity index (χ0v) is 14.1. The monoisotopic (exact) mass is 347 g/mol. The molecule has 0 aromatic heterocycles. The van der Waals surface area contributed by atoms with Gasteiger partial charge in [-0.3, -0.25) is 15.0 Å². The van der Waals surface area contributed by atoms with Gasteiger partial charge in [0, 0.05) is 61.9 Å². The van der Waals surface area contributed by atoms with Crippen LogP contribution < -0.4 is 5.32 Å².